The molecule has 20 heavy (non-hydrogen) atoms. The van der Waals surface area contributed by atoms with Crippen LogP contribution >= 0.6 is 0 Å². The van der Waals surface area contributed by atoms with Crippen molar-refractivity contribution in [3.8, 4) is 0 Å². The Hall–Kier alpha value is -1.91. The zero-order valence-corrected chi connectivity index (χ0v) is 12.4. The number of aromatic amines is 1. The van der Waals surface area contributed by atoms with Crippen LogP contribution in [-0.4, -0.2) is 29.1 Å². The molecule has 0 fully saturated rings. The highest BCUT2D eigenvalue weighted by Crippen LogP contribution is 2.27. The van der Waals surface area contributed by atoms with Crippen LogP contribution in [0.1, 0.15) is 49.5 Å². The average Bonchev–Trinajstić information content (AvgIpc) is 2.73. The molecule has 0 aliphatic rings. The summed E-state index contributed by atoms with van der Waals surface area (Å²) in [5.41, 5.74) is 0.539. The number of carbonyl (C=O) groups is 3. The van der Waals surface area contributed by atoms with Gasteiger partial charge in [0.15, 0.2) is 0 Å². The van der Waals surface area contributed by atoms with E-state index in [9.17, 15) is 14.4 Å². The molecular weight excluding hydrogens is 258 g/mol. The van der Waals surface area contributed by atoms with Gasteiger partial charge in [-0.25, -0.2) is 0 Å². The van der Waals surface area contributed by atoms with Gasteiger partial charge in [-0.1, -0.05) is 13.8 Å². The van der Waals surface area contributed by atoms with E-state index in [1.807, 2.05) is 0 Å². The maximum Gasteiger partial charge on any atom is 0.306 e. The van der Waals surface area contributed by atoms with Crippen molar-refractivity contribution in [2.45, 2.75) is 40.5 Å². The van der Waals surface area contributed by atoms with Crippen LogP contribution in [0.15, 0.2) is 12.4 Å². The molecule has 0 unspecified atom stereocenters. The van der Waals surface area contributed by atoms with Crippen LogP contribution in [0.2, 0.25) is 0 Å². The van der Waals surface area contributed by atoms with Crippen LogP contribution in [0, 0.1) is 12.3 Å². The number of aryl methyl sites for hydroxylation is 1. The molecular formula is C15H21NO4. The molecule has 0 saturated heterocycles. The molecule has 5 nitrogen and oxygen atoms in total. The third kappa shape index (κ3) is 4.33. The Morgan fingerprint density at radius 3 is 2.35 bits per heavy atom. The summed E-state index contributed by atoms with van der Waals surface area (Å²) in [7, 11) is 0. The van der Waals surface area contributed by atoms with E-state index in [1.165, 1.54) is 6.20 Å². The van der Waals surface area contributed by atoms with Gasteiger partial charge in [-0.15, -0.1) is 0 Å². The fourth-order valence-corrected chi connectivity index (χ4v) is 2.02. The Kier molecular flexibility index (Phi) is 5.25. The fraction of sp³-hybridized carbons (Fsp3) is 0.533. The minimum atomic E-state index is -0.594. The van der Waals surface area contributed by atoms with E-state index in [0.29, 0.717) is 12.2 Å². The molecule has 0 radical (unpaired) electrons. The van der Waals surface area contributed by atoms with E-state index in [0.717, 1.165) is 5.56 Å². The highest BCUT2D eigenvalue weighted by molar-refractivity contribution is 6.44. The summed E-state index contributed by atoms with van der Waals surface area (Å²) >= 11 is 0. The number of aromatic nitrogens is 1. The lowest BCUT2D eigenvalue weighted by Crippen LogP contribution is -2.26. The summed E-state index contributed by atoms with van der Waals surface area (Å²) < 4.78 is 4.87. The topological polar surface area (TPSA) is 76.2 Å². The van der Waals surface area contributed by atoms with Gasteiger partial charge < -0.3 is 9.72 Å². The van der Waals surface area contributed by atoms with Crippen LogP contribution in [0.25, 0.3) is 0 Å². The number of nitrogens with one attached hydrogen (secondary N) is 1. The van der Waals surface area contributed by atoms with Gasteiger partial charge in [0, 0.05) is 24.4 Å². The second-order valence-corrected chi connectivity index (χ2v) is 5.63. The van der Waals surface area contributed by atoms with Gasteiger partial charge >= 0.3 is 5.97 Å². The lowest BCUT2D eigenvalue weighted by atomic mass is 9.82. The third-order valence-corrected chi connectivity index (χ3v) is 3.02. The van der Waals surface area contributed by atoms with E-state index in [-0.39, 0.29) is 18.8 Å². The third-order valence-electron chi connectivity index (χ3n) is 3.02. The average molecular weight is 279 g/mol. The number of rotatable bonds is 7. The number of H-pyrrole nitrogens is 1. The molecule has 0 saturated carbocycles. The highest BCUT2D eigenvalue weighted by atomic mass is 16.5. The van der Waals surface area contributed by atoms with Gasteiger partial charge in [0.05, 0.1) is 13.0 Å². The molecule has 0 aliphatic heterocycles. The van der Waals surface area contributed by atoms with Crippen LogP contribution in [0.3, 0.4) is 0 Å². The van der Waals surface area contributed by atoms with Gasteiger partial charge in [0.25, 0.3) is 0 Å². The summed E-state index contributed by atoms with van der Waals surface area (Å²) in [4.78, 5) is 38.3. The van der Waals surface area contributed by atoms with Crippen molar-refractivity contribution >= 4 is 17.5 Å². The molecule has 1 aromatic rings. The summed E-state index contributed by atoms with van der Waals surface area (Å²) in [6.45, 7) is 7.36. The SMILES string of the molecule is CCOC(=O)CC(C)(C)CC(=O)C(=O)c1c[nH]cc1C. The molecule has 1 aromatic heterocycles. The van der Waals surface area contributed by atoms with Gasteiger partial charge in [0.1, 0.15) is 0 Å². The zero-order chi connectivity index (χ0) is 15.3. The largest absolute Gasteiger partial charge is 0.466 e. The monoisotopic (exact) mass is 279 g/mol. The Balaban J connectivity index is 2.67. The predicted molar refractivity (Wildman–Crippen MR) is 74.5 cm³/mol. The van der Waals surface area contributed by atoms with E-state index < -0.39 is 17.0 Å². The number of carbonyl (C=O) groups excluding carboxylic acids is 3. The summed E-state index contributed by atoms with van der Waals surface area (Å²) in [5.74, 6) is -1.35. The lowest BCUT2D eigenvalue weighted by molar-refractivity contribution is -0.145. The molecule has 0 atom stereocenters. The molecule has 0 bridgehead atoms. The summed E-state index contributed by atoms with van der Waals surface area (Å²) in [6, 6.07) is 0. The molecule has 110 valence electrons. The van der Waals surface area contributed by atoms with Crippen LogP contribution in [0.5, 0.6) is 0 Å². The molecule has 0 amide bonds. The molecule has 1 rings (SSSR count). The number of ether oxygens (including phenoxy) is 1. The second-order valence-electron chi connectivity index (χ2n) is 5.63. The van der Waals surface area contributed by atoms with E-state index >= 15 is 0 Å². The molecule has 5 heteroatoms. The molecule has 1 N–H and O–H groups in total. The van der Waals surface area contributed by atoms with Crippen molar-refractivity contribution < 1.29 is 19.1 Å². The minimum absolute atomic E-state index is 0.0231. The number of hydrogen-bond acceptors (Lipinski definition) is 4. The maximum absolute atomic E-state index is 12.0. The number of Topliss-reactive ketones (excluding diaryl/α,β-unsaturated/α-hetero) is 2. The summed E-state index contributed by atoms with van der Waals surface area (Å²) in [5, 5.41) is 0. The van der Waals surface area contributed by atoms with E-state index in [2.05, 4.69) is 4.98 Å². The van der Waals surface area contributed by atoms with Crippen molar-refractivity contribution in [2.75, 3.05) is 6.61 Å². The van der Waals surface area contributed by atoms with Crippen molar-refractivity contribution in [3.05, 3.63) is 23.5 Å². The Morgan fingerprint density at radius 1 is 1.20 bits per heavy atom. The van der Waals surface area contributed by atoms with Crippen molar-refractivity contribution in [1.82, 2.24) is 4.98 Å². The Morgan fingerprint density at radius 2 is 1.85 bits per heavy atom. The van der Waals surface area contributed by atoms with Gasteiger partial charge in [-0.3, -0.25) is 14.4 Å². The van der Waals surface area contributed by atoms with Gasteiger partial charge in [-0.2, -0.15) is 0 Å². The van der Waals surface area contributed by atoms with Crippen LogP contribution in [0.4, 0.5) is 0 Å². The molecule has 1 heterocycles. The predicted octanol–water partition coefficient (Wildman–Crippen LogP) is 2.44. The minimum Gasteiger partial charge on any atom is -0.466 e. The van der Waals surface area contributed by atoms with Crippen molar-refractivity contribution in [2.24, 2.45) is 5.41 Å². The van der Waals surface area contributed by atoms with Crippen LogP contribution in [-0.2, 0) is 14.3 Å². The zero-order valence-electron chi connectivity index (χ0n) is 12.4. The normalized spacial score (nSPS) is 11.2. The molecule has 0 spiro atoms. The Bertz CT molecular complexity index is 514. The smallest absolute Gasteiger partial charge is 0.306 e. The fourth-order valence-electron chi connectivity index (χ4n) is 2.02. The molecule has 0 aromatic carbocycles. The van der Waals surface area contributed by atoms with E-state index in [4.69, 9.17) is 4.74 Å². The first-order chi connectivity index (χ1) is 9.26. The standard InChI is InChI=1S/C15H21NO4/c1-5-20-13(18)7-15(3,4)6-12(17)14(19)11-9-16-8-10(11)2/h8-9,16H,5-7H2,1-4H3. The van der Waals surface area contributed by atoms with E-state index in [1.54, 1.807) is 33.9 Å². The molecule has 0 aliphatic carbocycles. The first-order valence-electron chi connectivity index (χ1n) is 6.63. The highest BCUT2D eigenvalue weighted by Gasteiger charge is 2.30. The number of esters is 1. The first kappa shape index (κ1) is 16.1. The Labute approximate surface area is 118 Å². The van der Waals surface area contributed by atoms with Crippen molar-refractivity contribution in [3.63, 3.8) is 0 Å². The van der Waals surface area contributed by atoms with Crippen molar-refractivity contribution in [1.29, 1.82) is 0 Å². The number of ketones is 2. The maximum atomic E-state index is 12.0. The lowest BCUT2D eigenvalue weighted by Gasteiger charge is -2.22. The van der Waals surface area contributed by atoms with Gasteiger partial charge in [0.2, 0.25) is 11.6 Å². The van der Waals surface area contributed by atoms with Crippen LogP contribution < -0.4 is 0 Å². The number of hydrogen-bond donors (Lipinski definition) is 1. The first-order valence-corrected chi connectivity index (χ1v) is 6.63. The van der Waals surface area contributed by atoms with Gasteiger partial charge in [-0.05, 0) is 24.8 Å². The second kappa shape index (κ2) is 6.50. The summed E-state index contributed by atoms with van der Waals surface area (Å²) in [6.07, 6.45) is 3.33. The quantitative estimate of drug-likeness (QED) is 0.472.